The maximum Gasteiger partial charge on any atom is 0.223 e. The molecular formula is C15H23BrN2O2. The van der Waals surface area contributed by atoms with Crippen LogP contribution in [0.25, 0.3) is 0 Å². The van der Waals surface area contributed by atoms with E-state index >= 15 is 0 Å². The van der Waals surface area contributed by atoms with Gasteiger partial charge in [0.15, 0.2) is 0 Å². The van der Waals surface area contributed by atoms with E-state index in [-0.39, 0.29) is 5.91 Å². The second-order valence-electron chi connectivity index (χ2n) is 4.49. The molecule has 1 aromatic carbocycles. The Morgan fingerprint density at radius 3 is 2.80 bits per heavy atom. The minimum Gasteiger partial charge on any atom is -0.492 e. The molecule has 2 N–H and O–H groups in total. The molecule has 0 heterocycles. The fraction of sp³-hybridized carbons (Fsp3) is 0.533. The molecule has 1 amide bonds. The van der Waals surface area contributed by atoms with E-state index in [1.54, 1.807) is 0 Å². The third-order valence-electron chi connectivity index (χ3n) is 2.71. The van der Waals surface area contributed by atoms with Crippen LogP contribution in [-0.4, -0.2) is 25.6 Å². The van der Waals surface area contributed by atoms with E-state index in [9.17, 15) is 4.79 Å². The van der Waals surface area contributed by atoms with Crippen LogP contribution in [0.15, 0.2) is 22.7 Å². The molecule has 0 fully saturated rings. The molecular weight excluding hydrogens is 320 g/mol. The lowest BCUT2D eigenvalue weighted by Crippen LogP contribution is -2.24. The highest BCUT2D eigenvalue weighted by Gasteiger charge is 2.04. The summed E-state index contributed by atoms with van der Waals surface area (Å²) in [5, 5.41) is 6.10. The van der Waals surface area contributed by atoms with Crippen LogP contribution in [0.3, 0.4) is 0 Å². The molecule has 0 aliphatic heterocycles. The lowest BCUT2D eigenvalue weighted by atomic mass is 10.2. The summed E-state index contributed by atoms with van der Waals surface area (Å²) in [5.74, 6) is 0.789. The van der Waals surface area contributed by atoms with Crippen molar-refractivity contribution in [3.8, 4) is 5.75 Å². The fourth-order valence-corrected chi connectivity index (χ4v) is 2.26. The molecule has 0 saturated heterocycles. The number of carbonyl (C=O) groups excluding carboxylic acids is 1. The van der Waals surface area contributed by atoms with Gasteiger partial charge in [0.25, 0.3) is 0 Å². The Morgan fingerprint density at radius 2 is 2.15 bits per heavy atom. The van der Waals surface area contributed by atoms with Gasteiger partial charge in [-0.15, -0.1) is 0 Å². The van der Waals surface area contributed by atoms with Crippen molar-refractivity contribution in [1.82, 2.24) is 10.6 Å². The van der Waals surface area contributed by atoms with Crippen LogP contribution in [0.2, 0.25) is 0 Å². The number of amides is 1. The second-order valence-corrected chi connectivity index (χ2v) is 5.35. The van der Waals surface area contributed by atoms with Gasteiger partial charge in [-0.1, -0.05) is 13.0 Å². The van der Waals surface area contributed by atoms with Crippen LogP contribution in [0.4, 0.5) is 0 Å². The number of hydrogen-bond donors (Lipinski definition) is 2. The van der Waals surface area contributed by atoms with Gasteiger partial charge in [0, 0.05) is 13.1 Å². The molecule has 4 nitrogen and oxygen atoms in total. The minimum atomic E-state index is 0.0176. The third-order valence-corrected chi connectivity index (χ3v) is 3.33. The molecule has 0 bridgehead atoms. The van der Waals surface area contributed by atoms with E-state index in [4.69, 9.17) is 4.74 Å². The first-order valence-electron chi connectivity index (χ1n) is 7.06. The molecule has 1 aromatic rings. The van der Waals surface area contributed by atoms with E-state index in [1.165, 1.54) is 5.56 Å². The molecule has 0 spiro atoms. The van der Waals surface area contributed by atoms with E-state index < -0.39 is 0 Å². The predicted molar refractivity (Wildman–Crippen MR) is 84.9 cm³/mol. The van der Waals surface area contributed by atoms with Crippen molar-refractivity contribution in [3.63, 3.8) is 0 Å². The summed E-state index contributed by atoms with van der Waals surface area (Å²) in [5.41, 5.74) is 1.21. The van der Waals surface area contributed by atoms with E-state index in [0.717, 1.165) is 29.7 Å². The van der Waals surface area contributed by atoms with E-state index in [0.29, 0.717) is 19.6 Å². The number of hydrogen-bond acceptors (Lipinski definition) is 3. The quantitative estimate of drug-likeness (QED) is 0.678. The third kappa shape index (κ3) is 6.39. The highest BCUT2D eigenvalue weighted by Crippen LogP contribution is 2.26. The molecule has 0 unspecified atom stereocenters. The van der Waals surface area contributed by atoms with Crippen LogP contribution in [0.1, 0.15) is 32.3 Å². The molecule has 0 aliphatic carbocycles. The fourth-order valence-electron chi connectivity index (χ4n) is 1.72. The van der Waals surface area contributed by atoms with Gasteiger partial charge in [0.05, 0.1) is 17.5 Å². The van der Waals surface area contributed by atoms with Crippen molar-refractivity contribution in [2.75, 3.05) is 19.7 Å². The van der Waals surface area contributed by atoms with Gasteiger partial charge in [0.2, 0.25) is 5.91 Å². The molecule has 1 rings (SSSR count). The Morgan fingerprint density at radius 1 is 1.35 bits per heavy atom. The predicted octanol–water partition coefficient (Wildman–Crippen LogP) is 2.85. The van der Waals surface area contributed by atoms with Crippen LogP contribution in [0.5, 0.6) is 5.75 Å². The van der Waals surface area contributed by atoms with Gasteiger partial charge in [-0.25, -0.2) is 0 Å². The van der Waals surface area contributed by atoms with Gasteiger partial charge in [-0.2, -0.15) is 0 Å². The van der Waals surface area contributed by atoms with Crippen molar-refractivity contribution in [1.29, 1.82) is 0 Å². The van der Waals surface area contributed by atoms with Gasteiger partial charge in [-0.3, -0.25) is 4.79 Å². The zero-order valence-corrected chi connectivity index (χ0v) is 13.8. The number of halogens is 1. The summed E-state index contributed by atoms with van der Waals surface area (Å²) >= 11 is 3.50. The normalized spacial score (nSPS) is 10.3. The number of rotatable bonds is 9. The molecule has 0 saturated carbocycles. The lowest BCUT2D eigenvalue weighted by Gasteiger charge is -2.10. The van der Waals surface area contributed by atoms with Crippen LogP contribution in [0, 0.1) is 0 Å². The SMILES string of the molecule is CCCNCc1ccc(OCCC(=O)NCC)c(Br)c1. The largest absolute Gasteiger partial charge is 0.492 e. The van der Waals surface area contributed by atoms with E-state index in [1.807, 2.05) is 25.1 Å². The highest BCUT2D eigenvalue weighted by atomic mass is 79.9. The van der Waals surface area contributed by atoms with Crippen LogP contribution >= 0.6 is 15.9 Å². The first-order valence-corrected chi connectivity index (χ1v) is 7.85. The van der Waals surface area contributed by atoms with Gasteiger partial charge < -0.3 is 15.4 Å². The van der Waals surface area contributed by atoms with Crippen molar-refractivity contribution < 1.29 is 9.53 Å². The zero-order valence-electron chi connectivity index (χ0n) is 12.2. The van der Waals surface area contributed by atoms with Crippen LogP contribution < -0.4 is 15.4 Å². The summed E-state index contributed by atoms with van der Waals surface area (Å²) < 4.78 is 6.53. The summed E-state index contributed by atoms with van der Waals surface area (Å²) in [7, 11) is 0. The number of benzene rings is 1. The van der Waals surface area contributed by atoms with Crippen molar-refractivity contribution in [2.45, 2.75) is 33.2 Å². The molecule has 0 radical (unpaired) electrons. The maximum atomic E-state index is 11.3. The maximum absolute atomic E-state index is 11.3. The summed E-state index contributed by atoms with van der Waals surface area (Å²) in [6.07, 6.45) is 1.50. The summed E-state index contributed by atoms with van der Waals surface area (Å²) in [6, 6.07) is 6.02. The van der Waals surface area contributed by atoms with Gasteiger partial charge in [-0.05, 0) is 53.5 Å². The average Bonchev–Trinajstić information content (AvgIpc) is 2.42. The second kappa shape index (κ2) is 9.77. The van der Waals surface area contributed by atoms with Crippen LogP contribution in [-0.2, 0) is 11.3 Å². The van der Waals surface area contributed by atoms with Gasteiger partial charge >= 0.3 is 0 Å². The van der Waals surface area contributed by atoms with Crippen molar-refractivity contribution in [3.05, 3.63) is 28.2 Å². The Labute approximate surface area is 129 Å². The molecule has 0 aromatic heterocycles. The summed E-state index contributed by atoms with van der Waals surface area (Å²) in [6.45, 7) is 6.96. The summed E-state index contributed by atoms with van der Waals surface area (Å²) in [4.78, 5) is 11.3. The van der Waals surface area contributed by atoms with Crippen molar-refractivity contribution in [2.24, 2.45) is 0 Å². The van der Waals surface area contributed by atoms with E-state index in [2.05, 4.69) is 33.5 Å². The molecule has 0 aliphatic rings. The van der Waals surface area contributed by atoms with Crippen molar-refractivity contribution >= 4 is 21.8 Å². The molecule has 112 valence electrons. The zero-order chi connectivity index (χ0) is 14.8. The Bertz CT molecular complexity index is 424. The number of carbonyl (C=O) groups is 1. The van der Waals surface area contributed by atoms with Gasteiger partial charge in [0.1, 0.15) is 5.75 Å². The first-order chi connectivity index (χ1) is 9.67. The Kier molecular flexibility index (Phi) is 8.30. The Balaban J connectivity index is 2.41. The highest BCUT2D eigenvalue weighted by molar-refractivity contribution is 9.10. The lowest BCUT2D eigenvalue weighted by molar-refractivity contribution is -0.121. The number of ether oxygens (including phenoxy) is 1. The monoisotopic (exact) mass is 342 g/mol. The topological polar surface area (TPSA) is 50.4 Å². The first kappa shape index (κ1) is 17.0. The average molecular weight is 343 g/mol. The smallest absolute Gasteiger partial charge is 0.223 e. The molecule has 5 heteroatoms. The molecule has 0 atom stereocenters. The number of nitrogens with one attached hydrogen (secondary N) is 2. The Hall–Kier alpha value is -1.07. The standard InChI is InChI=1S/C15H23BrN2O2/c1-3-8-17-11-12-5-6-14(13(16)10-12)20-9-7-15(19)18-4-2/h5-6,10,17H,3-4,7-9,11H2,1-2H3,(H,18,19). The molecule has 20 heavy (non-hydrogen) atoms. The minimum absolute atomic E-state index is 0.0176.